The number of anilines is 2. The summed E-state index contributed by atoms with van der Waals surface area (Å²) in [5.74, 6) is 0.264. The molecule has 3 aromatic rings. The van der Waals surface area contributed by atoms with Crippen molar-refractivity contribution in [2.24, 2.45) is 0 Å². The third-order valence-corrected chi connectivity index (χ3v) is 4.49. The van der Waals surface area contributed by atoms with E-state index in [0.717, 1.165) is 17.5 Å². The SMILES string of the molecule is CCc1cccc(OCC(=O)Nc2ccc(NC(=O)c3ccccc3C)cc2)c1. The molecule has 0 saturated heterocycles. The van der Waals surface area contributed by atoms with E-state index in [1.54, 1.807) is 30.3 Å². The van der Waals surface area contributed by atoms with Crippen molar-refractivity contribution in [3.8, 4) is 5.75 Å². The minimum absolute atomic E-state index is 0.0705. The first-order chi connectivity index (χ1) is 14.0. The molecule has 0 bridgehead atoms. The minimum atomic E-state index is -0.247. The van der Waals surface area contributed by atoms with Gasteiger partial charge in [-0.3, -0.25) is 9.59 Å². The molecule has 0 unspecified atom stereocenters. The Kier molecular flexibility index (Phi) is 6.63. The molecule has 0 spiro atoms. The van der Waals surface area contributed by atoms with E-state index in [1.807, 2.05) is 49.4 Å². The molecule has 3 rings (SSSR count). The Morgan fingerprint density at radius 1 is 0.862 bits per heavy atom. The highest BCUT2D eigenvalue weighted by atomic mass is 16.5. The van der Waals surface area contributed by atoms with Gasteiger partial charge in [-0.05, 0) is 66.9 Å². The number of rotatable bonds is 7. The molecule has 0 radical (unpaired) electrons. The highest BCUT2D eigenvalue weighted by Gasteiger charge is 2.09. The molecule has 0 atom stereocenters. The largest absolute Gasteiger partial charge is 0.484 e. The van der Waals surface area contributed by atoms with Crippen molar-refractivity contribution in [1.82, 2.24) is 0 Å². The molecule has 0 aliphatic carbocycles. The van der Waals surface area contributed by atoms with Crippen LogP contribution < -0.4 is 15.4 Å². The highest BCUT2D eigenvalue weighted by Crippen LogP contribution is 2.17. The van der Waals surface area contributed by atoms with E-state index in [9.17, 15) is 9.59 Å². The zero-order valence-electron chi connectivity index (χ0n) is 16.6. The van der Waals surface area contributed by atoms with Gasteiger partial charge in [0.15, 0.2) is 6.61 Å². The van der Waals surface area contributed by atoms with Gasteiger partial charge in [-0.15, -0.1) is 0 Å². The third-order valence-electron chi connectivity index (χ3n) is 4.49. The molecule has 5 heteroatoms. The van der Waals surface area contributed by atoms with Gasteiger partial charge in [0.25, 0.3) is 11.8 Å². The average molecular weight is 388 g/mol. The van der Waals surface area contributed by atoms with Crippen LogP contribution in [-0.2, 0) is 11.2 Å². The van der Waals surface area contributed by atoms with Crippen LogP contribution >= 0.6 is 0 Å². The molecule has 29 heavy (non-hydrogen) atoms. The van der Waals surface area contributed by atoms with E-state index < -0.39 is 0 Å². The topological polar surface area (TPSA) is 67.4 Å². The Morgan fingerprint density at radius 2 is 1.55 bits per heavy atom. The summed E-state index contributed by atoms with van der Waals surface area (Å²) in [7, 11) is 0. The summed E-state index contributed by atoms with van der Waals surface area (Å²) in [6.45, 7) is 3.89. The van der Waals surface area contributed by atoms with Crippen molar-refractivity contribution in [3.05, 3.63) is 89.5 Å². The van der Waals surface area contributed by atoms with E-state index in [2.05, 4.69) is 17.6 Å². The summed E-state index contributed by atoms with van der Waals surface area (Å²) in [6, 6.07) is 22.1. The maximum Gasteiger partial charge on any atom is 0.262 e. The number of amides is 2. The Morgan fingerprint density at radius 3 is 2.24 bits per heavy atom. The van der Waals surface area contributed by atoms with Crippen LogP contribution in [0.1, 0.15) is 28.4 Å². The Hall–Kier alpha value is -3.60. The average Bonchev–Trinajstić information content (AvgIpc) is 2.74. The van der Waals surface area contributed by atoms with Crippen LogP contribution in [0.2, 0.25) is 0 Å². The summed E-state index contributed by atoms with van der Waals surface area (Å²) in [5.41, 5.74) is 4.00. The smallest absolute Gasteiger partial charge is 0.262 e. The monoisotopic (exact) mass is 388 g/mol. The number of hydrogen-bond donors (Lipinski definition) is 2. The van der Waals surface area contributed by atoms with E-state index in [4.69, 9.17) is 4.74 Å². The van der Waals surface area contributed by atoms with E-state index >= 15 is 0 Å². The second-order valence-corrected chi connectivity index (χ2v) is 6.68. The van der Waals surface area contributed by atoms with Crippen LogP contribution in [-0.4, -0.2) is 18.4 Å². The van der Waals surface area contributed by atoms with Crippen LogP contribution in [0.4, 0.5) is 11.4 Å². The first-order valence-corrected chi connectivity index (χ1v) is 9.54. The summed E-state index contributed by atoms with van der Waals surface area (Å²) in [5, 5.41) is 5.65. The van der Waals surface area contributed by atoms with E-state index in [-0.39, 0.29) is 18.4 Å². The molecule has 0 aliphatic heterocycles. The number of benzene rings is 3. The van der Waals surface area contributed by atoms with Gasteiger partial charge in [0, 0.05) is 16.9 Å². The van der Waals surface area contributed by atoms with Crippen molar-refractivity contribution in [3.63, 3.8) is 0 Å². The first kappa shape index (κ1) is 20.1. The maximum absolute atomic E-state index is 12.4. The van der Waals surface area contributed by atoms with Gasteiger partial charge < -0.3 is 15.4 Å². The van der Waals surface area contributed by atoms with Gasteiger partial charge in [0.05, 0.1) is 0 Å². The fraction of sp³-hybridized carbons (Fsp3) is 0.167. The number of aryl methyl sites for hydroxylation is 2. The zero-order chi connectivity index (χ0) is 20.6. The first-order valence-electron chi connectivity index (χ1n) is 9.54. The molecule has 148 valence electrons. The van der Waals surface area contributed by atoms with Crippen molar-refractivity contribution in [2.45, 2.75) is 20.3 Å². The molecule has 5 nitrogen and oxygen atoms in total. The highest BCUT2D eigenvalue weighted by molar-refractivity contribution is 6.05. The van der Waals surface area contributed by atoms with Gasteiger partial charge >= 0.3 is 0 Å². The number of carbonyl (C=O) groups excluding carboxylic acids is 2. The summed E-state index contributed by atoms with van der Waals surface area (Å²) in [4.78, 5) is 24.5. The quantitative estimate of drug-likeness (QED) is 0.609. The van der Waals surface area contributed by atoms with Crippen LogP contribution in [0.15, 0.2) is 72.8 Å². The lowest BCUT2D eigenvalue weighted by Gasteiger charge is -2.10. The van der Waals surface area contributed by atoms with Gasteiger partial charge in [0.1, 0.15) is 5.75 Å². The molecule has 0 heterocycles. The number of hydrogen-bond acceptors (Lipinski definition) is 3. The lowest BCUT2D eigenvalue weighted by atomic mass is 10.1. The molecule has 0 aliphatic rings. The van der Waals surface area contributed by atoms with E-state index in [1.165, 1.54) is 0 Å². The number of carbonyl (C=O) groups is 2. The lowest BCUT2D eigenvalue weighted by molar-refractivity contribution is -0.118. The standard InChI is InChI=1S/C24H24N2O3/c1-3-18-8-6-9-21(15-18)29-16-23(27)25-19-11-13-20(14-12-19)26-24(28)22-10-5-4-7-17(22)2/h4-15H,3,16H2,1-2H3,(H,25,27)(H,26,28). The lowest BCUT2D eigenvalue weighted by Crippen LogP contribution is -2.20. The second kappa shape index (κ2) is 9.55. The molecule has 0 aromatic heterocycles. The molecular weight excluding hydrogens is 364 g/mol. The Balaban J connectivity index is 1.52. The van der Waals surface area contributed by atoms with Crippen molar-refractivity contribution in [1.29, 1.82) is 0 Å². The molecule has 0 fully saturated rings. The van der Waals surface area contributed by atoms with Crippen molar-refractivity contribution >= 4 is 23.2 Å². The Labute approximate surface area is 170 Å². The molecular formula is C24H24N2O3. The molecule has 2 N–H and O–H groups in total. The van der Waals surface area contributed by atoms with Crippen molar-refractivity contribution < 1.29 is 14.3 Å². The fourth-order valence-corrected chi connectivity index (χ4v) is 2.86. The third kappa shape index (κ3) is 5.69. The molecule has 2 amide bonds. The van der Waals surface area contributed by atoms with Gasteiger partial charge in [-0.25, -0.2) is 0 Å². The van der Waals surface area contributed by atoms with Crippen molar-refractivity contribution in [2.75, 3.05) is 17.2 Å². The molecule has 3 aromatic carbocycles. The number of nitrogens with one attached hydrogen (secondary N) is 2. The van der Waals surface area contributed by atoms with Gasteiger partial charge in [0.2, 0.25) is 0 Å². The van der Waals surface area contributed by atoms with Crippen LogP contribution in [0, 0.1) is 6.92 Å². The molecule has 0 saturated carbocycles. The Bertz CT molecular complexity index is 997. The zero-order valence-corrected chi connectivity index (χ0v) is 16.6. The van der Waals surface area contributed by atoms with Gasteiger partial charge in [-0.1, -0.05) is 37.3 Å². The fourth-order valence-electron chi connectivity index (χ4n) is 2.86. The van der Waals surface area contributed by atoms with Crippen LogP contribution in [0.25, 0.3) is 0 Å². The predicted octanol–water partition coefficient (Wildman–Crippen LogP) is 4.83. The van der Waals surface area contributed by atoms with Crippen LogP contribution in [0.5, 0.6) is 5.75 Å². The summed E-state index contributed by atoms with van der Waals surface area (Å²) >= 11 is 0. The van der Waals surface area contributed by atoms with E-state index in [0.29, 0.717) is 22.7 Å². The predicted molar refractivity (Wildman–Crippen MR) is 116 cm³/mol. The van der Waals surface area contributed by atoms with Gasteiger partial charge in [-0.2, -0.15) is 0 Å². The minimum Gasteiger partial charge on any atom is -0.484 e. The van der Waals surface area contributed by atoms with Crippen LogP contribution in [0.3, 0.4) is 0 Å². The summed E-state index contributed by atoms with van der Waals surface area (Å²) in [6.07, 6.45) is 0.913. The second-order valence-electron chi connectivity index (χ2n) is 6.68. The maximum atomic E-state index is 12.4. The normalized spacial score (nSPS) is 10.3. The summed E-state index contributed by atoms with van der Waals surface area (Å²) < 4.78 is 5.55. The number of ether oxygens (including phenoxy) is 1.